The monoisotopic (exact) mass is 280 g/mol. The fourth-order valence-corrected chi connectivity index (χ4v) is 4.09. The van der Waals surface area contributed by atoms with Crippen molar-refractivity contribution in [1.82, 2.24) is 0 Å². The molecule has 3 aliphatic rings. The van der Waals surface area contributed by atoms with E-state index in [4.69, 9.17) is 0 Å². The number of benzene rings is 2. The van der Waals surface area contributed by atoms with Crippen LogP contribution in [0.2, 0.25) is 0 Å². The van der Waals surface area contributed by atoms with Crippen LogP contribution in [0.15, 0.2) is 84.5 Å². The van der Waals surface area contributed by atoms with Gasteiger partial charge in [0.05, 0.1) is 0 Å². The van der Waals surface area contributed by atoms with E-state index in [0.717, 1.165) is 6.42 Å². The Balaban J connectivity index is 2.06. The molecule has 22 heavy (non-hydrogen) atoms. The molecule has 0 amide bonds. The zero-order valence-corrected chi connectivity index (χ0v) is 12.3. The van der Waals surface area contributed by atoms with Crippen LogP contribution in [0.3, 0.4) is 0 Å². The molecular formula is C22H16. The normalized spacial score (nSPS) is 24.4. The van der Waals surface area contributed by atoms with Crippen LogP contribution >= 0.6 is 0 Å². The van der Waals surface area contributed by atoms with Crippen LogP contribution in [-0.2, 0) is 0 Å². The lowest BCUT2D eigenvalue weighted by Crippen LogP contribution is -2.40. The van der Waals surface area contributed by atoms with E-state index in [1.54, 1.807) is 0 Å². The van der Waals surface area contributed by atoms with E-state index >= 15 is 0 Å². The van der Waals surface area contributed by atoms with E-state index in [-0.39, 0.29) is 5.41 Å². The van der Waals surface area contributed by atoms with Crippen molar-refractivity contribution in [3.05, 3.63) is 94.9 Å². The maximum Gasteiger partial charge on any atom is 0.0426 e. The van der Waals surface area contributed by atoms with E-state index in [2.05, 4.69) is 85.0 Å². The van der Waals surface area contributed by atoms with Gasteiger partial charge in [-0.25, -0.2) is 0 Å². The highest BCUT2D eigenvalue weighted by atomic mass is 14.4. The van der Waals surface area contributed by atoms with Gasteiger partial charge in [-0.05, 0) is 44.9 Å². The van der Waals surface area contributed by atoms with Gasteiger partial charge in [-0.15, -0.1) is 0 Å². The quantitative estimate of drug-likeness (QED) is 0.689. The Bertz CT molecular complexity index is 1040. The molecule has 0 aliphatic heterocycles. The Labute approximate surface area is 129 Å². The second-order valence-electron chi connectivity index (χ2n) is 6.25. The van der Waals surface area contributed by atoms with E-state index < -0.39 is 0 Å². The maximum absolute atomic E-state index is 2.37. The van der Waals surface area contributed by atoms with E-state index in [1.807, 2.05) is 0 Å². The van der Waals surface area contributed by atoms with Crippen molar-refractivity contribution in [3.63, 3.8) is 0 Å². The SMILES string of the molecule is C1=CCC23C=CC=CC2=c2c(ccc4ccccc24)=CC3=C1. The molecule has 0 nitrogen and oxygen atoms in total. The van der Waals surface area contributed by atoms with Gasteiger partial charge in [0.25, 0.3) is 0 Å². The number of hydrogen-bond donors (Lipinski definition) is 0. The van der Waals surface area contributed by atoms with Crippen molar-refractivity contribution in [3.8, 4) is 0 Å². The number of allylic oxidation sites excluding steroid dienone is 8. The van der Waals surface area contributed by atoms with Crippen molar-refractivity contribution in [1.29, 1.82) is 0 Å². The highest BCUT2D eigenvalue weighted by molar-refractivity contribution is 5.91. The molecule has 0 bridgehead atoms. The molecular weight excluding hydrogens is 264 g/mol. The largest absolute Gasteiger partial charge is 0.0830 e. The van der Waals surface area contributed by atoms with Gasteiger partial charge in [-0.1, -0.05) is 78.9 Å². The first-order valence-corrected chi connectivity index (χ1v) is 7.86. The topological polar surface area (TPSA) is 0 Å². The molecule has 1 atom stereocenters. The van der Waals surface area contributed by atoms with E-state index in [9.17, 15) is 0 Å². The van der Waals surface area contributed by atoms with Gasteiger partial charge in [0.15, 0.2) is 0 Å². The van der Waals surface area contributed by atoms with Gasteiger partial charge in [0.2, 0.25) is 0 Å². The maximum atomic E-state index is 2.37. The number of fused-ring (bicyclic) bond motifs is 3. The summed E-state index contributed by atoms with van der Waals surface area (Å²) < 4.78 is 0. The third-order valence-electron chi connectivity index (χ3n) is 5.14. The van der Waals surface area contributed by atoms with Crippen molar-refractivity contribution >= 4 is 22.4 Å². The van der Waals surface area contributed by atoms with Crippen LogP contribution in [0, 0.1) is 5.41 Å². The van der Waals surface area contributed by atoms with Crippen LogP contribution in [-0.4, -0.2) is 0 Å². The highest BCUT2D eigenvalue weighted by Crippen LogP contribution is 2.47. The Morgan fingerprint density at radius 1 is 0.909 bits per heavy atom. The Morgan fingerprint density at radius 2 is 1.86 bits per heavy atom. The molecule has 2 aromatic rings. The second-order valence-corrected chi connectivity index (χ2v) is 6.25. The van der Waals surface area contributed by atoms with Gasteiger partial charge >= 0.3 is 0 Å². The smallest absolute Gasteiger partial charge is 0.0426 e. The van der Waals surface area contributed by atoms with E-state index in [0.29, 0.717) is 0 Å². The lowest BCUT2D eigenvalue weighted by atomic mass is 9.64. The molecule has 0 heteroatoms. The predicted molar refractivity (Wildman–Crippen MR) is 93.6 cm³/mol. The summed E-state index contributed by atoms with van der Waals surface area (Å²) in [4.78, 5) is 0. The summed E-state index contributed by atoms with van der Waals surface area (Å²) in [6, 6.07) is 13.2. The fourth-order valence-electron chi connectivity index (χ4n) is 4.09. The van der Waals surface area contributed by atoms with Crippen LogP contribution in [0.4, 0.5) is 0 Å². The number of rotatable bonds is 0. The molecule has 0 heterocycles. The summed E-state index contributed by atoms with van der Waals surface area (Å²) in [6.45, 7) is 0. The molecule has 0 radical (unpaired) electrons. The van der Waals surface area contributed by atoms with Crippen LogP contribution in [0.25, 0.3) is 22.4 Å². The fraction of sp³-hybridized carbons (Fsp3) is 0.0909. The standard InChI is InChI=1S/C22H16/c1-2-9-19-16(7-1)11-12-17-15-18-8-3-5-13-22(18)14-6-4-10-20(22)21(17)19/h1-12,14-15H,13H2. The minimum absolute atomic E-state index is 0.0284. The summed E-state index contributed by atoms with van der Waals surface area (Å²) >= 11 is 0. The molecule has 0 aromatic heterocycles. The van der Waals surface area contributed by atoms with Crippen molar-refractivity contribution in [2.24, 2.45) is 5.41 Å². The van der Waals surface area contributed by atoms with Crippen LogP contribution in [0.5, 0.6) is 0 Å². The molecule has 0 fully saturated rings. The molecule has 1 spiro atoms. The highest BCUT2D eigenvalue weighted by Gasteiger charge is 2.37. The Kier molecular flexibility index (Phi) is 2.29. The van der Waals surface area contributed by atoms with Gasteiger partial charge in [0.1, 0.15) is 0 Å². The molecule has 3 aliphatic carbocycles. The van der Waals surface area contributed by atoms with E-state index in [1.165, 1.54) is 32.4 Å². The summed E-state index contributed by atoms with van der Waals surface area (Å²) in [5.74, 6) is 0. The summed E-state index contributed by atoms with van der Waals surface area (Å²) in [5, 5.41) is 5.43. The second kappa shape index (κ2) is 4.20. The molecule has 5 rings (SSSR count). The first-order valence-electron chi connectivity index (χ1n) is 7.86. The summed E-state index contributed by atoms with van der Waals surface area (Å²) in [6.07, 6.45) is 19.2. The zero-order valence-electron chi connectivity index (χ0n) is 12.3. The first kappa shape index (κ1) is 12.0. The van der Waals surface area contributed by atoms with Gasteiger partial charge in [-0.2, -0.15) is 0 Å². The first-order chi connectivity index (χ1) is 10.9. The van der Waals surface area contributed by atoms with Crippen molar-refractivity contribution in [2.45, 2.75) is 6.42 Å². The molecule has 1 unspecified atom stereocenters. The summed E-state index contributed by atoms with van der Waals surface area (Å²) in [5.41, 5.74) is 2.88. The third-order valence-corrected chi connectivity index (χ3v) is 5.14. The lowest BCUT2D eigenvalue weighted by Gasteiger charge is -2.38. The van der Waals surface area contributed by atoms with Gasteiger partial charge < -0.3 is 0 Å². The molecule has 0 N–H and O–H groups in total. The number of hydrogen-bond acceptors (Lipinski definition) is 0. The minimum atomic E-state index is 0.0284. The molecule has 0 saturated heterocycles. The third kappa shape index (κ3) is 1.42. The summed E-state index contributed by atoms with van der Waals surface area (Å²) in [7, 11) is 0. The van der Waals surface area contributed by atoms with Crippen LogP contribution < -0.4 is 10.4 Å². The van der Waals surface area contributed by atoms with Crippen molar-refractivity contribution < 1.29 is 0 Å². The van der Waals surface area contributed by atoms with Gasteiger partial charge in [-0.3, -0.25) is 0 Å². The Morgan fingerprint density at radius 3 is 2.86 bits per heavy atom. The van der Waals surface area contributed by atoms with Crippen molar-refractivity contribution in [2.75, 3.05) is 0 Å². The Hall–Kier alpha value is -2.60. The molecule has 2 aromatic carbocycles. The van der Waals surface area contributed by atoms with Crippen LogP contribution in [0.1, 0.15) is 6.42 Å². The average molecular weight is 280 g/mol. The van der Waals surface area contributed by atoms with Gasteiger partial charge in [0, 0.05) is 5.41 Å². The zero-order chi connectivity index (χ0) is 14.6. The molecule has 0 saturated carbocycles. The molecule has 104 valence electrons. The average Bonchev–Trinajstić information content (AvgIpc) is 2.59. The minimum Gasteiger partial charge on any atom is -0.0830 e. The predicted octanol–water partition coefficient (Wildman–Crippen LogP) is 3.78. The lowest BCUT2D eigenvalue weighted by molar-refractivity contribution is 0.626.